The van der Waals surface area contributed by atoms with E-state index in [2.05, 4.69) is 33.4 Å². The van der Waals surface area contributed by atoms with Gasteiger partial charge in [-0.05, 0) is 49.4 Å². The molecule has 0 aromatic heterocycles. The van der Waals surface area contributed by atoms with Gasteiger partial charge in [-0.3, -0.25) is 0 Å². The molecule has 0 spiro atoms. The van der Waals surface area contributed by atoms with Crippen molar-refractivity contribution in [3.05, 3.63) is 27.7 Å². The summed E-state index contributed by atoms with van der Waals surface area (Å²) < 4.78 is 12.5. The van der Waals surface area contributed by atoms with E-state index in [1.807, 2.05) is 0 Å². The topological polar surface area (TPSA) is 30.5 Å². The van der Waals surface area contributed by atoms with Crippen LogP contribution in [0.15, 0.2) is 16.6 Å². The fourth-order valence-corrected chi connectivity index (χ4v) is 3.09. The molecule has 2 aliphatic rings. The van der Waals surface area contributed by atoms with Crippen LogP contribution < -0.4 is 10.1 Å². The lowest BCUT2D eigenvalue weighted by Crippen LogP contribution is -2.17. The Morgan fingerprint density at radius 1 is 1.35 bits per heavy atom. The number of hydrogen-bond acceptors (Lipinski definition) is 3. The Bertz CT molecular complexity index is 460. The molecule has 0 atom stereocenters. The molecular weight excluding hydrogens is 318 g/mol. The highest BCUT2D eigenvalue weighted by molar-refractivity contribution is 9.10. The molecule has 1 aromatic carbocycles. The van der Waals surface area contributed by atoms with Crippen molar-refractivity contribution in [2.45, 2.75) is 32.2 Å². The molecule has 0 radical (unpaired) electrons. The average Bonchev–Trinajstić information content (AvgIpc) is 3.13. The van der Waals surface area contributed by atoms with Gasteiger partial charge in [-0.15, -0.1) is 0 Å². The summed E-state index contributed by atoms with van der Waals surface area (Å²) in [6, 6.07) is 4.32. The number of rotatable bonds is 8. The van der Waals surface area contributed by atoms with Gasteiger partial charge in [0.05, 0.1) is 6.61 Å². The highest BCUT2D eigenvalue weighted by Gasteiger charge is 2.20. The summed E-state index contributed by atoms with van der Waals surface area (Å²) >= 11 is 3.58. The molecule has 3 rings (SSSR count). The quantitative estimate of drug-likeness (QED) is 0.737. The van der Waals surface area contributed by atoms with Crippen molar-refractivity contribution in [3.63, 3.8) is 0 Å². The Hall–Kier alpha value is -0.580. The smallest absolute Gasteiger partial charge is 0.127 e. The first kappa shape index (κ1) is 14.4. The monoisotopic (exact) mass is 339 g/mol. The molecule has 1 saturated carbocycles. The number of fused-ring (bicyclic) bond motifs is 1. The SMILES string of the molecule is Brc1cc2c(c(CNCCCOCC3CC3)c1)OCC2. The van der Waals surface area contributed by atoms with Crippen molar-refractivity contribution < 1.29 is 9.47 Å². The first-order chi connectivity index (χ1) is 9.83. The largest absolute Gasteiger partial charge is 0.493 e. The van der Waals surface area contributed by atoms with Crippen LogP contribution in [0.3, 0.4) is 0 Å². The summed E-state index contributed by atoms with van der Waals surface area (Å²) in [6.07, 6.45) is 4.83. The Morgan fingerprint density at radius 2 is 2.25 bits per heavy atom. The predicted molar refractivity (Wildman–Crippen MR) is 83.2 cm³/mol. The number of hydrogen-bond donors (Lipinski definition) is 1. The number of ether oxygens (including phenoxy) is 2. The molecule has 110 valence electrons. The Morgan fingerprint density at radius 3 is 3.10 bits per heavy atom. The minimum Gasteiger partial charge on any atom is -0.493 e. The molecule has 1 aliphatic carbocycles. The normalized spacial score (nSPS) is 17.1. The molecule has 1 fully saturated rings. The van der Waals surface area contributed by atoms with Crippen molar-refractivity contribution >= 4 is 15.9 Å². The van der Waals surface area contributed by atoms with E-state index in [4.69, 9.17) is 9.47 Å². The van der Waals surface area contributed by atoms with Crippen LogP contribution in [-0.4, -0.2) is 26.4 Å². The lowest BCUT2D eigenvalue weighted by atomic mass is 10.1. The van der Waals surface area contributed by atoms with Crippen molar-refractivity contribution in [2.24, 2.45) is 5.92 Å². The van der Waals surface area contributed by atoms with E-state index in [1.54, 1.807) is 0 Å². The van der Waals surface area contributed by atoms with Gasteiger partial charge in [-0.1, -0.05) is 15.9 Å². The highest BCUT2D eigenvalue weighted by Crippen LogP contribution is 2.32. The summed E-state index contributed by atoms with van der Waals surface area (Å²) in [7, 11) is 0. The second-order valence-electron chi connectivity index (χ2n) is 5.70. The van der Waals surface area contributed by atoms with E-state index in [9.17, 15) is 0 Å². The molecule has 0 bridgehead atoms. The van der Waals surface area contributed by atoms with Crippen LogP contribution in [0, 0.1) is 5.92 Å². The summed E-state index contributed by atoms with van der Waals surface area (Å²) in [5.74, 6) is 1.95. The second-order valence-corrected chi connectivity index (χ2v) is 6.62. The molecular formula is C16H22BrNO2. The molecule has 1 aliphatic heterocycles. The first-order valence-corrected chi connectivity index (χ1v) is 8.35. The molecule has 0 saturated heterocycles. The molecule has 1 N–H and O–H groups in total. The molecule has 3 nitrogen and oxygen atoms in total. The van der Waals surface area contributed by atoms with Gasteiger partial charge in [0.2, 0.25) is 0 Å². The van der Waals surface area contributed by atoms with E-state index in [0.717, 1.165) is 61.9 Å². The van der Waals surface area contributed by atoms with Crippen LogP contribution in [0.1, 0.15) is 30.4 Å². The van der Waals surface area contributed by atoms with Crippen molar-refractivity contribution in [1.29, 1.82) is 0 Å². The summed E-state index contributed by atoms with van der Waals surface area (Å²) in [5.41, 5.74) is 2.58. The Kier molecular flexibility index (Phi) is 4.97. The van der Waals surface area contributed by atoms with E-state index < -0.39 is 0 Å². The van der Waals surface area contributed by atoms with Gasteiger partial charge in [0.1, 0.15) is 5.75 Å². The maximum atomic E-state index is 5.73. The van der Waals surface area contributed by atoms with Gasteiger partial charge in [0.25, 0.3) is 0 Å². The fourth-order valence-electron chi connectivity index (χ4n) is 2.53. The lowest BCUT2D eigenvalue weighted by molar-refractivity contribution is 0.122. The van der Waals surface area contributed by atoms with E-state index >= 15 is 0 Å². The van der Waals surface area contributed by atoms with E-state index in [-0.39, 0.29) is 0 Å². The minimum absolute atomic E-state index is 0.813. The van der Waals surface area contributed by atoms with Crippen molar-refractivity contribution in [1.82, 2.24) is 5.32 Å². The minimum atomic E-state index is 0.813. The first-order valence-electron chi connectivity index (χ1n) is 7.55. The maximum absolute atomic E-state index is 5.73. The van der Waals surface area contributed by atoms with Gasteiger partial charge in [0.15, 0.2) is 0 Å². The molecule has 1 aromatic rings. The average molecular weight is 340 g/mol. The summed E-state index contributed by atoms with van der Waals surface area (Å²) in [4.78, 5) is 0. The third-order valence-corrected chi connectivity index (χ3v) is 4.29. The van der Waals surface area contributed by atoms with E-state index in [1.165, 1.54) is 24.0 Å². The zero-order valence-electron chi connectivity index (χ0n) is 11.8. The Labute approximate surface area is 129 Å². The van der Waals surface area contributed by atoms with Crippen LogP contribution >= 0.6 is 15.9 Å². The number of benzene rings is 1. The van der Waals surface area contributed by atoms with Gasteiger partial charge >= 0.3 is 0 Å². The zero-order valence-corrected chi connectivity index (χ0v) is 13.4. The van der Waals surface area contributed by atoms with Gasteiger partial charge in [-0.2, -0.15) is 0 Å². The van der Waals surface area contributed by atoms with E-state index in [0.29, 0.717) is 0 Å². The molecule has 1 heterocycles. The number of nitrogens with one attached hydrogen (secondary N) is 1. The fraction of sp³-hybridized carbons (Fsp3) is 0.625. The van der Waals surface area contributed by atoms with Crippen LogP contribution in [0.2, 0.25) is 0 Å². The van der Waals surface area contributed by atoms with Gasteiger partial charge in [0, 0.05) is 36.2 Å². The summed E-state index contributed by atoms with van der Waals surface area (Å²) in [5, 5.41) is 3.48. The van der Waals surface area contributed by atoms with Crippen LogP contribution in [-0.2, 0) is 17.7 Å². The third-order valence-electron chi connectivity index (χ3n) is 3.83. The van der Waals surface area contributed by atoms with Crippen LogP contribution in [0.4, 0.5) is 0 Å². The molecule has 4 heteroatoms. The predicted octanol–water partition coefficient (Wildman–Crippen LogP) is 3.29. The lowest BCUT2D eigenvalue weighted by Gasteiger charge is -2.10. The van der Waals surface area contributed by atoms with Crippen LogP contribution in [0.25, 0.3) is 0 Å². The van der Waals surface area contributed by atoms with Crippen molar-refractivity contribution in [3.8, 4) is 5.75 Å². The zero-order chi connectivity index (χ0) is 13.8. The van der Waals surface area contributed by atoms with Gasteiger partial charge in [-0.25, -0.2) is 0 Å². The highest BCUT2D eigenvalue weighted by atomic mass is 79.9. The third kappa shape index (κ3) is 3.96. The van der Waals surface area contributed by atoms with Gasteiger partial charge < -0.3 is 14.8 Å². The number of halogens is 1. The molecule has 0 unspecified atom stereocenters. The maximum Gasteiger partial charge on any atom is 0.127 e. The molecule has 20 heavy (non-hydrogen) atoms. The van der Waals surface area contributed by atoms with Crippen LogP contribution in [0.5, 0.6) is 5.75 Å². The molecule has 0 amide bonds. The standard InChI is InChI=1S/C16H22BrNO2/c17-15-8-13-4-7-20-16(13)14(9-15)10-18-5-1-6-19-11-12-2-3-12/h8-9,12,18H,1-7,10-11H2. The van der Waals surface area contributed by atoms with Crippen molar-refractivity contribution in [2.75, 3.05) is 26.4 Å². The Balaban J connectivity index is 1.37. The summed E-state index contributed by atoms with van der Waals surface area (Å²) in [6.45, 7) is 4.51. The second kappa shape index (κ2) is 6.92.